The summed E-state index contributed by atoms with van der Waals surface area (Å²) in [6.07, 6.45) is 6.54. The molecule has 0 spiro atoms. The number of ketones is 1. The highest BCUT2D eigenvalue weighted by Crippen LogP contribution is 2.29. The van der Waals surface area contributed by atoms with E-state index >= 15 is 0 Å². The summed E-state index contributed by atoms with van der Waals surface area (Å²) in [5.41, 5.74) is 1.70. The van der Waals surface area contributed by atoms with Crippen molar-refractivity contribution in [2.24, 2.45) is 11.8 Å². The van der Waals surface area contributed by atoms with E-state index in [2.05, 4.69) is 29.5 Å². The van der Waals surface area contributed by atoms with Gasteiger partial charge in [-0.2, -0.15) is 0 Å². The van der Waals surface area contributed by atoms with E-state index in [0.717, 1.165) is 48.9 Å². The van der Waals surface area contributed by atoms with Crippen LogP contribution >= 0.6 is 0 Å². The number of benzene rings is 1. The average molecular weight is 322 g/mol. The van der Waals surface area contributed by atoms with Crippen LogP contribution in [-0.4, -0.2) is 35.3 Å². The summed E-state index contributed by atoms with van der Waals surface area (Å²) < 4.78 is 0. The Balaban J connectivity index is 1.68. The van der Waals surface area contributed by atoms with E-state index in [-0.39, 0.29) is 5.78 Å². The number of hydrogen-bond donors (Lipinski definition) is 0. The minimum absolute atomic E-state index is 0.231. The maximum absolute atomic E-state index is 12.8. The Morgan fingerprint density at radius 2 is 2.21 bits per heavy atom. The molecule has 2 atom stereocenters. The number of pyridine rings is 1. The van der Waals surface area contributed by atoms with Crippen molar-refractivity contribution in [1.29, 1.82) is 0 Å². The summed E-state index contributed by atoms with van der Waals surface area (Å²) in [4.78, 5) is 19.6. The van der Waals surface area contributed by atoms with E-state index in [0.29, 0.717) is 18.3 Å². The second kappa shape index (κ2) is 7.71. The SMILES string of the molecule is C=C[C@H]1CN(CC)CC[C@H]1CCC(=O)c1ccnc2ccccc12. The number of fused-ring (bicyclic) bond motifs is 1. The molecule has 2 heterocycles. The highest BCUT2D eigenvalue weighted by atomic mass is 16.1. The van der Waals surface area contributed by atoms with Crippen molar-refractivity contribution in [3.8, 4) is 0 Å². The van der Waals surface area contributed by atoms with Crippen LogP contribution < -0.4 is 0 Å². The third-order valence-electron chi connectivity index (χ3n) is 5.33. The van der Waals surface area contributed by atoms with Crippen molar-refractivity contribution in [3.63, 3.8) is 0 Å². The molecule has 1 aliphatic rings. The maximum Gasteiger partial charge on any atom is 0.163 e. The third-order valence-corrected chi connectivity index (χ3v) is 5.33. The van der Waals surface area contributed by atoms with E-state index in [1.807, 2.05) is 30.3 Å². The summed E-state index contributed by atoms with van der Waals surface area (Å²) in [5, 5.41) is 0.964. The van der Waals surface area contributed by atoms with E-state index in [4.69, 9.17) is 0 Å². The van der Waals surface area contributed by atoms with E-state index < -0.39 is 0 Å². The first-order valence-corrected chi connectivity index (χ1v) is 8.94. The van der Waals surface area contributed by atoms with Crippen molar-refractivity contribution in [2.75, 3.05) is 19.6 Å². The van der Waals surface area contributed by atoms with Crippen molar-refractivity contribution in [2.45, 2.75) is 26.2 Å². The Labute approximate surface area is 144 Å². The predicted molar refractivity (Wildman–Crippen MR) is 99.2 cm³/mol. The van der Waals surface area contributed by atoms with Crippen LogP contribution in [0.15, 0.2) is 49.2 Å². The summed E-state index contributed by atoms with van der Waals surface area (Å²) in [6, 6.07) is 9.73. The molecule has 0 unspecified atom stereocenters. The predicted octanol–water partition coefficient (Wildman–Crippen LogP) is 4.34. The first-order chi connectivity index (χ1) is 11.7. The molecule has 0 N–H and O–H groups in total. The van der Waals surface area contributed by atoms with Gasteiger partial charge < -0.3 is 4.90 Å². The summed E-state index contributed by atoms with van der Waals surface area (Å²) in [6.45, 7) is 9.53. The zero-order chi connectivity index (χ0) is 16.9. The molecule has 1 aromatic carbocycles. The van der Waals surface area contributed by atoms with Gasteiger partial charge in [0, 0.05) is 30.1 Å². The van der Waals surface area contributed by atoms with Gasteiger partial charge in [0.1, 0.15) is 0 Å². The molecular weight excluding hydrogens is 296 g/mol. The maximum atomic E-state index is 12.8. The van der Waals surface area contributed by atoms with Gasteiger partial charge in [0.15, 0.2) is 5.78 Å². The highest BCUT2D eigenvalue weighted by molar-refractivity contribution is 6.07. The van der Waals surface area contributed by atoms with Crippen LogP contribution in [0.1, 0.15) is 36.5 Å². The number of rotatable bonds is 6. The number of Topliss-reactive ketones (excluding diaryl/α,β-unsaturated/α-hetero) is 1. The molecule has 3 nitrogen and oxygen atoms in total. The molecule has 24 heavy (non-hydrogen) atoms. The van der Waals surface area contributed by atoms with E-state index in [1.165, 1.54) is 0 Å². The lowest BCUT2D eigenvalue weighted by molar-refractivity contribution is 0.0948. The normalized spacial score (nSPS) is 21.7. The Morgan fingerprint density at radius 3 is 3.00 bits per heavy atom. The zero-order valence-corrected chi connectivity index (χ0v) is 14.4. The number of hydrogen-bond acceptors (Lipinski definition) is 3. The van der Waals surface area contributed by atoms with Crippen molar-refractivity contribution < 1.29 is 4.79 Å². The molecule has 0 bridgehead atoms. The van der Waals surface area contributed by atoms with Crippen molar-refractivity contribution >= 4 is 16.7 Å². The second-order valence-corrected chi connectivity index (χ2v) is 6.68. The quantitative estimate of drug-likeness (QED) is 0.586. The summed E-state index contributed by atoms with van der Waals surface area (Å²) >= 11 is 0. The largest absolute Gasteiger partial charge is 0.303 e. The molecule has 0 radical (unpaired) electrons. The standard InChI is InChI=1S/C21H26N2O/c1-3-16-15-23(4-2)14-12-17(16)9-10-21(24)19-11-13-22-20-8-6-5-7-18(19)20/h3,5-8,11,13,16-17H,1,4,9-10,12,14-15H2,2H3/t16-,17+/m0/s1. The first-order valence-electron chi connectivity index (χ1n) is 8.94. The van der Waals surface area contributed by atoms with Crippen LogP contribution in [0.3, 0.4) is 0 Å². The van der Waals surface area contributed by atoms with Gasteiger partial charge in [-0.1, -0.05) is 31.2 Å². The molecule has 0 saturated carbocycles. The molecule has 1 fully saturated rings. The fourth-order valence-corrected chi connectivity index (χ4v) is 3.80. The lowest BCUT2D eigenvalue weighted by Gasteiger charge is -2.36. The number of nitrogens with zero attached hydrogens (tertiary/aromatic N) is 2. The Kier molecular flexibility index (Phi) is 5.41. The average Bonchev–Trinajstić information content (AvgIpc) is 2.65. The number of carbonyl (C=O) groups is 1. The van der Waals surface area contributed by atoms with Crippen LogP contribution in [0.2, 0.25) is 0 Å². The van der Waals surface area contributed by atoms with Gasteiger partial charge in [0.05, 0.1) is 5.52 Å². The van der Waals surface area contributed by atoms with Crippen LogP contribution in [0.4, 0.5) is 0 Å². The Bertz CT molecular complexity index is 719. The van der Waals surface area contributed by atoms with Gasteiger partial charge in [-0.3, -0.25) is 9.78 Å². The molecule has 1 aromatic heterocycles. The molecule has 1 saturated heterocycles. The minimum atomic E-state index is 0.231. The number of carbonyl (C=O) groups excluding carboxylic acids is 1. The number of piperidine rings is 1. The van der Waals surface area contributed by atoms with Crippen LogP contribution in [0.5, 0.6) is 0 Å². The Hall–Kier alpha value is -2.00. The van der Waals surface area contributed by atoms with Gasteiger partial charge in [-0.05, 0) is 49.9 Å². The fourth-order valence-electron chi connectivity index (χ4n) is 3.80. The summed E-state index contributed by atoms with van der Waals surface area (Å²) in [7, 11) is 0. The molecule has 3 rings (SSSR count). The summed E-state index contributed by atoms with van der Waals surface area (Å²) in [5.74, 6) is 1.30. The molecule has 1 aliphatic heterocycles. The van der Waals surface area contributed by atoms with Crippen LogP contribution in [0, 0.1) is 11.8 Å². The smallest absolute Gasteiger partial charge is 0.163 e. The van der Waals surface area contributed by atoms with Gasteiger partial charge in [-0.25, -0.2) is 0 Å². The number of para-hydroxylation sites is 1. The number of likely N-dealkylation sites (tertiary alicyclic amines) is 1. The first kappa shape index (κ1) is 16.8. The molecule has 3 heteroatoms. The minimum Gasteiger partial charge on any atom is -0.303 e. The highest BCUT2D eigenvalue weighted by Gasteiger charge is 2.27. The van der Waals surface area contributed by atoms with E-state index in [9.17, 15) is 4.79 Å². The van der Waals surface area contributed by atoms with E-state index in [1.54, 1.807) is 6.20 Å². The van der Waals surface area contributed by atoms with Crippen molar-refractivity contribution in [1.82, 2.24) is 9.88 Å². The lowest BCUT2D eigenvalue weighted by atomic mass is 9.81. The fraction of sp³-hybridized carbons (Fsp3) is 0.429. The number of aromatic nitrogens is 1. The molecule has 2 aromatic rings. The molecular formula is C21H26N2O. The topological polar surface area (TPSA) is 33.2 Å². The Morgan fingerprint density at radius 1 is 1.38 bits per heavy atom. The lowest BCUT2D eigenvalue weighted by Crippen LogP contribution is -2.39. The van der Waals surface area contributed by atoms with Gasteiger partial charge in [-0.15, -0.1) is 6.58 Å². The molecule has 0 amide bonds. The molecule has 0 aliphatic carbocycles. The monoisotopic (exact) mass is 322 g/mol. The van der Waals surface area contributed by atoms with Gasteiger partial charge >= 0.3 is 0 Å². The van der Waals surface area contributed by atoms with Crippen LogP contribution in [0.25, 0.3) is 10.9 Å². The van der Waals surface area contributed by atoms with Gasteiger partial charge in [0.2, 0.25) is 0 Å². The molecule has 126 valence electrons. The van der Waals surface area contributed by atoms with Gasteiger partial charge in [0.25, 0.3) is 0 Å². The second-order valence-electron chi connectivity index (χ2n) is 6.68. The van der Waals surface area contributed by atoms with Crippen molar-refractivity contribution in [3.05, 3.63) is 54.7 Å². The third kappa shape index (κ3) is 3.57. The van der Waals surface area contributed by atoms with Crippen LogP contribution in [-0.2, 0) is 0 Å². The zero-order valence-electron chi connectivity index (χ0n) is 14.4.